The number of nitrogens with two attached hydrogens (primary N) is 1. The number of aromatic nitrogens is 4. The van der Waals surface area contributed by atoms with Gasteiger partial charge in [-0.25, -0.2) is 10.8 Å². The molecular formula is C11H13N7OS. The molecular weight excluding hydrogens is 278 g/mol. The molecule has 0 spiro atoms. The first-order chi connectivity index (χ1) is 9.76. The topological polar surface area (TPSA) is 115 Å². The van der Waals surface area contributed by atoms with Gasteiger partial charge < -0.3 is 9.84 Å². The Kier molecular flexibility index (Phi) is 3.44. The van der Waals surface area contributed by atoms with Crippen molar-refractivity contribution in [2.24, 2.45) is 5.84 Å². The minimum Gasteiger partial charge on any atom is -0.369 e. The van der Waals surface area contributed by atoms with Crippen molar-refractivity contribution in [3.63, 3.8) is 0 Å². The second-order valence-corrected chi connectivity index (χ2v) is 5.36. The molecule has 0 saturated carbocycles. The van der Waals surface area contributed by atoms with Gasteiger partial charge in [0, 0.05) is 17.8 Å². The van der Waals surface area contributed by atoms with Crippen LogP contribution in [0.15, 0.2) is 16.9 Å². The monoisotopic (exact) mass is 291 g/mol. The third-order valence-corrected chi connectivity index (χ3v) is 3.63. The number of fused-ring (bicyclic) bond motifs is 1. The third-order valence-electron chi connectivity index (χ3n) is 2.68. The number of nitrogen functional groups attached to an aromatic ring is 1. The van der Waals surface area contributed by atoms with Crippen molar-refractivity contribution in [2.75, 3.05) is 17.3 Å². The van der Waals surface area contributed by atoms with Crippen LogP contribution >= 0.6 is 11.3 Å². The molecule has 3 rings (SSSR count). The van der Waals surface area contributed by atoms with E-state index in [0.717, 1.165) is 16.0 Å². The number of anilines is 2. The number of hydrazine groups is 1. The highest BCUT2D eigenvalue weighted by Crippen LogP contribution is 2.29. The van der Waals surface area contributed by atoms with Crippen molar-refractivity contribution < 1.29 is 4.52 Å². The zero-order valence-corrected chi connectivity index (χ0v) is 11.6. The van der Waals surface area contributed by atoms with Crippen LogP contribution in [0.1, 0.15) is 10.8 Å². The Morgan fingerprint density at radius 3 is 3.05 bits per heavy atom. The first-order valence-corrected chi connectivity index (χ1v) is 6.82. The van der Waals surface area contributed by atoms with Crippen LogP contribution in [0.25, 0.3) is 10.2 Å². The average molecular weight is 291 g/mol. The summed E-state index contributed by atoms with van der Waals surface area (Å²) in [4.78, 5) is 14.7. The SMILES string of the molecule is Cc1cc2c(NCCc3ncno3)nc(NN)nc2s1. The third kappa shape index (κ3) is 2.53. The molecule has 0 aliphatic carbocycles. The second kappa shape index (κ2) is 5.39. The molecule has 8 nitrogen and oxygen atoms in total. The summed E-state index contributed by atoms with van der Waals surface area (Å²) in [6.45, 7) is 2.66. The lowest BCUT2D eigenvalue weighted by atomic mass is 10.3. The van der Waals surface area contributed by atoms with E-state index >= 15 is 0 Å². The minimum atomic E-state index is 0.389. The fourth-order valence-corrected chi connectivity index (χ4v) is 2.71. The summed E-state index contributed by atoms with van der Waals surface area (Å²) in [6.07, 6.45) is 2.01. The summed E-state index contributed by atoms with van der Waals surface area (Å²) in [5.41, 5.74) is 2.48. The van der Waals surface area contributed by atoms with Crippen molar-refractivity contribution in [2.45, 2.75) is 13.3 Å². The fourth-order valence-electron chi connectivity index (χ4n) is 1.84. The van der Waals surface area contributed by atoms with Crippen molar-refractivity contribution in [1.29, 1.82) is 0 Å². The van der Waals surface area contributed by atoms with E-state index in [-0.39, 0.29) is 0 Å². The van der Waals surface area contributed by atoms with E-state index in [4.69, 9.17) is 10.4 Å². The van der Waals surface area contributed by atoms with Crippen LogP contribution in [-0.2, 0) is 6.42 Å². The molecule has 0 aliphatic rings. The van der Waals surface area contributed by atoms with E-state index in [1.165, 1.54) is 11.2 Å². The van der Waals surface area contributed by atoms with Crippen LogP contribution in [0.2, 0.25) is 0 Å². The van der Waals surface area contributed by atoms with Gasteiger partial charge in [0.25, 0.3) is 0 Å². The highest BCUT2D eigenvalue weighted by atomic mass is 32.1. The molecule has 3 aromatic rings. The van der Waals surface area contributed by atoms with Crippen LogP contribution in [0.3, 0.4) is 0 Å². The van der Waals surface area contributed by atoms with Crippen LogP contribution in [0, 0.1) is 6.92 Å². The van der Waals surface area contributed by atoms with Crippen LogP contribution in [-0.4, -0.2) is 26.7 Å². The molecule has 4 N–H and O–H groups in total. The van der Waals surface area contributed by atoms with Gasteiger partial charge in [-0.05, 0) is 13.0 Å². The highest BCUT2D eigenvalue weighted by Gasteiger charge is 2.10. The summed E-state index contributed by atoms with van der Waals surface area (Å²) in [5, 5.41) is 7.79. The first-order valence-electron chi connectivity index (χ1n) is 6.00. The highest BCUT2D eigenvalue weighted by molar-refractivity contribution is 7.18. The van der Waals surface area contributed by atoms with E-state index in [0.29, 0.717) is 24.8 Å². The van der Waals surface area contributed by atoms with Gasteiger partial charge in [0.05, 0.1) is 5.39 Å². The van der Waals surface area contributed by atoms with Crippen LogP contribution in [0.5, 0.6) is 0 Å². The van der Waals surface area contributed by atoms with Crippen LogP contribution < -0.4 is 16.6 Å². The average Bonchev–Trinajstić information content (AvgIpc) is 3.06. The van der Waals surface area contributed by atoms with E-state index < -0.39 is 0 Å². The Labute approximate surface area is 118 Å². The molecule has 20 heavy (non-hydrogen) atoms. The van der Waals surface area contributed by atoms with Crippen molar-refractivity contribution in [3.8, 4) is 0 Å². The molecule has 3 aromatic heterocycles. The zero-order chi connectivity index (χ0) is 13.9. The van der Waals surface area contributed by atoms with Gasteiger partial charge in [0.2, 0.25) is 11.8 Å². The maximum absolute atomic E-state index is 5.39. The molecule has 0 fully saturated rings. The Hall–Kier alpha value is -2.26. The summed E-state index contributed by atoms with van der Waals surface area (Å²) < 4.78 is 4.94. The molecule has 0 aliphatic heterocycles. The Morgan fingerprint density at radius 2 is 2.30 bits per heavy atom. The Balaban J connectivity index is 1.81. The van der Waals surface area contributed by atoms with E-state index in [9.17, 15) is 0 Å². The van der Waals surface area contributed by atoms with Gasteiger partial charge in [-0.15, -0.1) is 11.3 Å². The number of nitrogens with one attached hydrogen (secondary N) is 2. The Morgan fingerprint density at radius 1 is 1.40 bits per heavy atom. The molecule has 104 valence electrons. The molecule has 0 amide bonds. The molecule has 0 atom stereocenters. The molecule has 3 heterocycles. The van der Waals surface area contributed by atoms with Gasteiger partial charge in [-0.1, -0.05) is 5.16 Å². The molecule has 0 saturated heterocycles. The van der Waals surface area contributed by atoms with Crippen molar-refractivity contribution in [3.05, 3.63) is 23.2 Å². The lowest BCUT2D eigenvalue weighted by molar-refractivity contribution is 0.380. The number of rotatable bonds is 5. The van der Waals surface area contributed by atoms with Crippen LogP contribution in [0.4, 0.5) is 11.8 Å². The summed E-state index contributed by atoms with van der Waals surface area (Å²) >= 11 is 1.60. The lowest BCUT2D eigenvalue weighted by Crippen LogP contribution is -2.13. The van der Waals surface area contributed by atoms with E-state index in [1.807, 2.05) is 6.92 Å². The summed E-state index contributed by atoms with van der Waals surface area (Å²) in [6, 6.07) is 2.05. The predicted molar refractivity (Wildman–Crippen MR) is 76.5 cm³/mol. The molecule has 9 heteroatoms. The maximum Gasteiger partial charge on any atom is 0.240 e. The number of hydrogen-bond acceptors (Lipinski definition) is 9. The quantitative estimate of drug-likeness (QED) is 0.476. The Bertz CT molecular complexity index is 709. The molecule has 0 bridgehead atoms. The number of nitrogens with zero attached hydrogens (tertiary/aromatic N) is 4. The van der Waals surface area contributed by atoms with E-state index in [1.54, 1.807) is 11.3 Å². The van der Waals surface area contributed by atoms with Gasteiger partial charge >= 0.3 is 0 Å². The maximum atomic E-state index is 5.39. The van der Waals surface area contributed by atoms with Gasteiger partial charge in [-0.2, -0.15) is 9.97 Å². The molecule has 0 aromatic carbocycles. The number of hydrogen-bond donors (Lipinski definition) is 3. The summed E-state index contributed by atoms with van der Waals surface area (Å²) in [7, 11) is 0. The molecule has 0 unspecified atom stereocenters. The first kappa shape index (κ1) is 12.8. The fraction of sp³-hybridized carbons (Fsp3) is 0.273. The zero-order valence-electron chi connectivity index (χ0n) is 10.8. The number of aryl methyl sites for hydroxylation is 1. The van der Waals surface area contributed by atoms with Gasteiger partial charge in [0.15, 0.2) is 6.33 Å². The normalized spacial score (nSPS) is 10.9. The molecule has 0 radical (unpaired) electrons. The predicted octanol–water partition coefficient (Wildman–Crippen LogP) is 1.32. The standard InChI is InChI=1S/C11H13N7OS/c1-6-4-7-9(13-3-2-8-14-5-15-19-8)16-11(18-12)17-10(7)20-6/h4-5H,2-3,12H2,1H3,(H2,13,16,17,18). The van der Waals surface area contributed by atoms with Gasteiger partial charge in [-0.3, -0.25) is 5.43 Å². The number of thiophene rings is 1. The smallest absolute Gasteiger partial charge is 0.240 e. The largest absolute Gasteiger partial charge is 0.369 e. The second-order valence-electron chi connectivity index (χ2n) is 4.13. The summed E-state index contributed by atoms with van der Waals surface area (Å²) in [5.74, 6) is 7.11. The van der Waals surface area contributed by atoms with Crippen molar-refractivity contribution in [1.82, 2.24) is 20.1 Å². The van der Waals surface area contributed by atoms with Crippen molar-refractivity contribution >= 4 is 33.3 Å². The van der Waals surface area contributed by atoms with Gasteiger partial charge in [0.1, 0.15) is 10.6 Å². The van der Waals surface area contributed by atoms with E-state index in [2.05, 4.69) is 36.9 Å². The lowest BCUT2D eigenvalue weighted by Gasteiger charge is -2.07. The minimum absolute atomic E-state index is 0.389.